The summed E-state index contributed by atoms with van der Waals surface area (Å²) in [7, 11) is 0. The van der Waals surface area contributed by atoms with E-state index in [0.29, 0.717) is 6.29 Å². The van der Waals surface area contributed by atoms with Gasteiger partial charge in [-0.3, -0.25) is 4.79 Å². The molecule has 1 aromatic carbocycles. The van der Waals surface area contributed by atoms with Crippen molar-refractivity contribution in [3.63, 3.8) is 0 Å². The van der Waals surface area contributed by atoms with Crippen molar-refractivity contribution < 1.29 is 14.3 Å². The van der Waals surface area contributed by atoms with Crippen LogP contribution in [0.15, 0.2) is 40.9 Å². The Morgan fingerprint density at radius 3 is 2.56 bits per heavy atom. The van der Waals surface area contributed by atoms with E-state index in [1.54, 1.807) is 18.7 Å². The lowest BCUT2D eigenvalue weighted by atomic mass is 10.3. The molecule has 18 heavy (non-hydrogen) atoms. The normalized spacial score (nSPS) is 10.9. The molecule has 0 saturated carbocycles. The number of hydrogen-bond donors (Lipinski definition) is 1. The van der Waals surface area contributed by atoms with Crippen LogP contribution in [0.5, 0.6) is 0 Å². The van der Waals surface area contributed by atoms with Gasteiger partial charge in [-0.15, -0.1) is 11.8 Å². The zero-order chi connectivity index (χ0) is 13.4. The van der Waals surface area contributed by atoms with Gasteiger partial charge in [0.05, 0.1) is 6.61 Å². The summed E-state index contributed by atoms with van der Waals surface area (Å²) in [5.41, 5.74) is 0.766. The van der Waals surface area contributed by atoms with Gasteiger partial charge in [-0.1, -0.05) is 0 Å². The van der Waals surface area contributed by atoms with Crippen LogP contribution in [-0.2, 0) is 14.3 Å². The maximum atomic E-state index is 11.3. The third kappa shape index (κ3) is 4.25. The van der Waals surface area contributed by atoms with E-state index in [2.05, 4.69) is 5.32 Å². The average molecular weight is 265 g/mol. The predicted octanol–water partition coefficient (Wildman–Crippen LogP) is 2.47. The second-order valence-electron chi connectivity index (χ2n) is 3.31. The number of ether oxygens (including phenoxy) is 1. The maximum absolute atomic E-state index is 11.3. The molecule has 0 aliphatic rings. The number of carbonyl (C=O) groups excluding carboxylic acids is 2. The number of esters is 1. The Kier molecular flexibility index (Phi) is 6.00. The molecule has 1 rings (SSSR count). The first-order chi connectivity index (χ1) is 8.71. The fourth-order valence-corrected chi connectivity index (χ4v) is 1.61. The summed E-state index contributed by atoms with van der Waals surface area (Å²) < 4.78 is 4.74. The molecule has 0 aliphatic carbocycles. The summed E-state index contributed by atoms with van der Waals surface area (Å²) in [4.78, 5) is 23.2. The van der Waals surface area contributed by atoms with Crippen LogP contribution < -0.4 is 5.32 Å². The Morgan fingerprint density at radius 2 is 2.06 bits per heavy atom. The molecule has 0 spiro atoms. The predicted molar refractivity (Wildman–Crippen MR) is 72.6 cm³/mol. The summed E-state index contributed by atoms with van der Waals surface area (Å²) in [6.45, 7) is 1.93. The standard InChI is InChI=1S/C13H15NO3S/c1-3-17-13(16)10(9-15)8-14-11-4-6-12(18-2)7-5-11/h4-9,14H,3H2,1-2H3/b10-8-. The summed E-state index contributed by atoms with van der Waals surface area (Å²) in [6, 6.07) is 7.64. The highest BCUT2D eigenvalue weighted by Crippen LogP contribution is 2.17. The van der Waals surface area contributed by atoms with E-state index in [1.165, 1.54) is 6.20 Å². The highest BCUT2D eigenvalue weighted by molar-refractivity contribution is 7.98. The van der Waals surface area contributed by atoms with Gasteiger partial charge in [0.1, 0.15) is 5.57 Å². The van der Waals surface area contributed by atoms with Crippen LogP contribution in [-0.4, -0.2) is 25.1 Å². The van der Waals surface area contributed by atoms with Crippen LogP contribution in [0, 0.1) is 0 Å². The molecule has 0 aliphatic heterocycles. The van der Waals surface area contributed by atoms with Gasteiger partial charge in [0.15, 0.2) is 6.29 Å². The number of nitrogens with one attached hydrogen (secondary N) is 1. The van der Waals surface area contributed by atoms with Gasteiger partial charge in [-0.2, -0.15) is 0 Å². The Bertz CT molecular complexity index is 440. The van der Waals surface area contributed by atoms with Gasteiger partial charge in [0.2, 0.25) is 0 Å². The molecule has 0 heterocycles. The monoisotopic (exact) mass is 265 g/mol. The highest BCUT2D eigenvalue weighted by Gasteiger charge is 2.08. The molecule has 0 saturated heterocycles. The van der Waals surface area contributed by atoms with E-state index in [-0.39, 0.29) is 12.2 Å². The van der Waals surface area contributed by atoms with E-state index in [0.717, 1.165) is 10.6 Å². The van der Waals surface area contributed by atoms with Crippen molar-refractivity contribution in [2.24, 2.45) is 0 Å². The van der Waals surface area contributed by atoms with Crippen LogP contribution in [0.2, 0.25) is 0 Å². The molecule has 0 aromatic heterocycles. The zero-order valence-electron chi connectivity index (χ0n) is 10.3. The minimum absolute atomic E-state index is 0.0363. The van der Waals surface area contributed by atoms with Crippen LogP contribution in [0.4, 0.5) is 5.69 Å². The quantitative estimate of drug-likeness (QED) is 0.214. The highest BCUT2D eigenvalue weighted by atomic mass is 32.2. The first-order valence-electron chi connectivity index (χ1n) is 5.44. The van der Waals surface area contributed by atoms with E-state index in [1.807, 2.05) is 30.5 Å². The Hall–Kier alpha value is -1.75. The van der Waals surface area contributed by atoms with Crippen molar-refractivity contribution in [3.05, 3.63) is 36.0 Å². The molecule has 5 heteroatoms. The number of anilines is 1. The molecular weight excluding hydrogens is 250 g/mol. The lowest BCUT2D eigenvalue weighted by Crippen LogP contribution is -2.10. The van der Waals surface area contributed by atoms with Crippen LogP contribution >= 0.6 is 11.8 Å². The molecule has 4 nitrogen and oxygen atoms in total. The zero-order valence-corrected chi connectivity index (χ0v) is 11.1. The minimum atomic E-state index is -0.624. The van der Waals surface area contributed by atoms with Gasteiger partial charge in [-0.25, -0.2) is 4.79 Å². The summed E-state index contributed by atoms with van der Waals surface area (Å²) in [5, 5.41) is 2.88. The van der Waals surface area contributed by atoms with Crippen molar-refractivity contribution in [1.29, 1.82) is 0 Å². The molecule has 96 valence electrons. The Labute approximate surface area is 110 Å². The molecular formula is C13H15NO3S. The minimum Gasteiger partial charge on any atom is -0.462 e. The van der Waals surface area contributed by atoms with E-state index in [4.69, 9.17) is 4.74 Å². The molecule has 1 N–H and O–H groups in total. The van der Waals surface area contributed by atoms with Crippen molar-refractivity contribution in [2.45, 2.75) is 11.8 Å². The smallest absolute Gasteiger partial charge is 0.342 e. The third-order valence-electron chi connectivity index (χ3n) is 2.12. The number of carbonyl (C=O) groups is 2. The number of thioether (sulfide) groups is 1. The molecule has 0 amide bonds. The van der Waals surface area contributed by atoms with Gasteiger partial charge in [-0.05, 0) is 37.4 Å². The second kappa shape index (κ2) is 7.55. The molecule has 0 bridgehead atoms. The average Bonchev–Trinajstić information content (AvgIpc) is 2.40. The summed E-state index contributed by atoms with van der Waals surface area (Å²) >= 11 is 1.64. The third-order valence-corrected chi connectivity index (χ3v) is 2.87. The number of rotatable bonds is 6. The van der Waals surface area contributed by atoms with E-state index in [9.17, 15) is 9.59 Å². The van der Waals surface area contributed by atoms with Crippen molar-refractivity contribution in [2.75, 3.05) is 18.2 Å². The van der Waals surface area contributed by atoms with Crippen LogP contribution in [0.3, 0.4) is 0 Å². The summed E-state index contributed by atoms with van der Waals surface area (Å²) in [5.74, 6) is -0.624. The molecule has 0 radical (unpaired) electrons. The van der Waals surface area contributed by atoms with Crippen molar-refractivity contribution >= 4 is 29.7 Å². The fraction of sp³-hybridized carbons (Fsp3) is 0.231. The SMILES string of the molecule is CCOC(=O)/C(C=O)=C\Nc1ccc(SC)cc1. The fourth-order valence-electron chi connectivity index (χ4n) is 1.20. The number of benzene rings is 1. The summed E-state index contributed by atoms with van der Waals surface area (Å²) in [6.07, 6.45) is 3.81. The van der Waals surface area contributed by atoms with Gasteiger partial charge in [0.25, 0.3) is 0 Å². The Balaban J connectivity index is 2.70. The van der Waals surface area contributed by atoms with Gasteiger partial charge in [0, 0.05) is 16.8 Å². The molecule has 0 fully saturated rings. The maximum Gasteiger partial charge on any atom is 0.342 e. The van der Waals surface area contributed by atoms with E-state index >= 15 is 0 Å². The first-order valence-corrected chi connectivity index (χ1v) is 6.66. The molecule has 0 unspecified atom stereocenters. The van der Waals surface area contributed by atoms with Crippen LogP contribution in [0.1, 0.15) is 6.92 Å². The Morgan fingerprint density at radius 1 is 1.39 bits per heavy atom. The van der Waals surface area contributed by atoms with Crippen LogP contribution in [0.25, 0.3) is 0 Å². The second-order valence-corrected chi connectivity index (χ2v) is 4.19. The van der Waals surface area contributed by atoms with Crippen molar-refractivity contribution in [1.82, 2.24) is 0 Å². The lowest BCUT2D eigenvalue weighted by molar-refractivity contribution is -0.139. The van der Waals surface area contributed by atoms with Gasteiger partial charge < -0.3 is 10.1 Å². The number of hydrogen-bond acceptors (Lipinski definition) is 5. The first kappa shape index (κ1) is 14.3. The molecule has 0 atom stereocenters. The lowest BCUT2D eigenvalue weighted by Gasteiger charge is -2.04. The topological polar surface area (TPSA) is 55.4 Å². The van der Waals surface area contributed by atoms with E-state index < -0.39 is 5.97 Å². The van der Waals surface area contributed by atoms with Gasteiger partial charge >= 0.3 is 5.97 Å². The van der Waals surface area contributed by atoms with Crippen molar-refractivity contribution in [3.8, 4) is 0 Å². The largest absolute Gasteiger partial charge is 0.462 e. The molecule has 1 aromatic rings. The number of aldehydes is 1.